The molecule has 0 N–H and O–H groups in total. The van der Waals surface area contributed by atoms with Crippen LogP contribution in [0, 0.1) is 12.8 Å². The Balaban J connectivity index is 1.93. The first kappa shape index (κ1) is 20.2. The Morgan fingerprint density at radius 2 is 1.61 bits per heavy atom. The Kier molecular flexibility index (Phi) is 6.25. The zero-order chi connectivity index (χ0) is 20.3. The highest BCUT2D eigenvalue weighted by Crippen LogP contribution is 2.38. The van der Waals surface area contributed by atoms with Crippen LogP contribution in [0.15, 0.2) is 53.4 Å². The standard InChI is InChI=1S/C23H25NO3S/c1-5-28-21-20(17-8-12-19(13-9-17)27-14-15(2)3)22(25)24(23(21)26)18-10-6-16(4)7-11-18/h6-13,15H,5,14H2,1-4H3. The van der Waals surface area contributed by atoms with Crippen LogP contribution in [0.4, 0.5) is 5.69 Å². The van der Waals surface area contributed by atoms with E-state index >= 15 is 0 Å². The molecule has 0 radical (unpaired) electrons. The van der Waals surface area contributed by atoms with Crippen LogP contribution in [0.2, 0.25) is 0 Å². The van der Waals surface area contributed by atoms with E-state index in [4.69, 9.17) is 4.74 Å². The molecule has 0 spiro atoms. The number of carbonyl (C=O) groups is 2. The van der Waals surface area contributed by atoms with Crippen molar-refractivity contribution in [1.82, 2.24) is 0 Å². The highest BCUT2D eigenvalue weighted by molar-refractivity contribution is 8.04. The van der Waals surface area contributed by atoms with Crippen molar-refractivity contribution in [3.63, 3.8) is 0 Å². The van der Waals surface area contributed by atoms with Crippen LogP contribution in [0.25, 0.3) is 5.57 Å². The van der Waals surface area contributed by atoms with E-state index < -0.39 is 0 Å². The number of benzene rings is 2. The van der Waals surface area contributed by atoms with Gasteiger partial charge >= 0.3 is 0 Å². The second-order valence-corrected chi connectivity index (χ2v) is 8.42. The van der Waals surface area contributed by atoms with E-state index in [1.165, 1.54) is 16.7 Å². The third-order valence-electron chi connectivity index (χ3n) is 4.35. The highest BCUT2D eigenvalue weighted by Gasteiger charge is 2.39. The number of anilines is 1. The number of nitrogens with zero attached hydrogens (tertiary/aromatic N) is 1. The number of imide groups is 1. The van der Waals surface area contributed by atoms with Crippen LogP contribution in [-0.2, 0) is 9.59 Å². The van der Waals surface area contributed by atoms with E-state index in [1.807, 2.05) is 62.4 Å². The molecule has 2 amide bonds. The highest BCUT2D eigenvalue weighted by atomic mass is 32.2. The molecule has 2 aromatic rings. The van der Waals surface area contributed by atoms with Crippen molar-refractivity contribution in [2.45, 2.75) is 27.7 Å². The summed E-state index contributed by atoms with van der Waals surface area (Å²) in [4.78, 5) is 28.0. The Hall–Kier alpha value is -2.53. The van der Waals surface area contributed by atoms with Crippen LogP contribution >= 0.6 is 11.8 Å². The van der Waals surface area contributed by atoms with Gasteiger partial charge in [0.05, 0.1) is 22.8 Å². The molecule has 0 aliphatic carbocycles. The third kappa shape index (κ3) is 4.14. The summed E-state index contributed by atoms with van der Waals surface area (Å²) in [5, 5.41) is 0. The number of hydrogen-bond acceptors (Lipinski definition) is 4. The van der Waals surface area contributed by atoms with Crippen molar-refractivity contribution in [2.24, 2.45) is 5.92 Å². The lowest BCUT2D eigenvalue weighted by Crippen LogP contribution is -2.31. The number of carbonyl (C=O) groups excluding carboxylic acids is 2. The van der Waals surface area contributed by atoms with Crippen molar-refractivity contribution in [3.05, 3.63) is 64.6 Å². The van der Waals surface area contributed by atoms with Crippen LogP contribution in [0.3, 0.4) is 0 Å². The van der Waals surface area contributed by atoms with Gasteiger partial charge in [0.1, 0.15) is 5.75 Å². The van der Waals surface area contributed by atoms with Crippen LogP contribution in [-0.4, -0.2) is 24.2 Å². The van der Waals surface area contributed by atoms with Gasteiger partial charge in [-0.3, -0.25) is 9.59 Å². The molecule has 1 heterocycles. The number of amides is 2. The molecule has 0 bridgehead atoms. The minimum absolute atomic E-state index is 0.254. The molecular formula is C23H25NO3S. The maximum absolute atomic E-state index is 13.2. The molecule has 5 heteroatoms. The molecule has 1 aliphatic rings. The summed E-state index contributed by atoms with van der Waals surface area (Å²) in [6.07, 6.45) is 0. The van der Waals surface area contributed by atoms with Crippen LogP contribution < -0.4 is 9.64 Å². The summed E-state index contributed by atoms with van der Waals surface area (Å²) in [7, 11) is 0. The quantitative estimate of drug-likeness (QED) is 0.614. The summed E-state index contributed by atoms with van der Waals surface area (Å²) in [6, 6.07) is 14.8. The van der Waals surface area contributed by atoms with Gasteiger partial charge < -0.3 is 4.74 Å². The maximum Gasteiger partial charge on any atom is 0.272 e. The molecule has 3 rings (SSSR count). The van der Waals surface area contributed by atoms with Gasteiger partial charge in [-0.15, -0.1) is 11.8 Å². The largest absolute Gasteiger partial charge is 0.493 e. The average molecular weight is 396 g/mol. The molecule has 28 heavy (non-hydrogen) atoms. The van der Waals surface area contributed by atoms with Gasteiger partial charge in [-0.25, -0.2) is 4.90 Å². The summed E-state index contributed by atoms with van der Waals surface area (Å²) in [5.41, 5.74) is 2.88. The first-order chi connectivity index (χ1) is 13.4. The zero-order valence-electron chi connectivity index (χ0n) is 16.7. The van der Waals surface area contributed by atoms with Crippen molar-refractivity contribution >= 4 is 34.8 Å². The average Bonchev–Trinajstić information content (AvgIpc) is 2.92. The van der Waals surface area contributed by atoms with E-state index in [0.29, 0.717) is 28.7 Å². The molecule has 1 aliphatic heterocycles. The lowest BCUT2D eigenvalue weighted by atomic mass is 10.1. The van der Waals surface area contributed by atoms with E-state index in [0.717, 1.165) is 22.6 Å². The molecule has 2 aromatic carbocycles. The van der Waals surface area contributed by atoms with Crippen molar-refractivity contribution in [2.75, 3.05) is 17.3 Å². The van der Waals surface area contributed by atoms with E-state index in [9.17, 15) is 9.59 Å². The summed E-state index contributed by atoms with van der Waals surface area (Å²) in [5.74, 6) is 1.38. The van der Waals surface area contributed by atoms with Gasteiger partial charge in [0.2, 0.25) is 0 Å². The van der Waals surface area contributed by atoms with Gasteiger partial charge in [0, 0.05) is 0 Å². The first-order valence-corrected chi connectivity index (χ1v) is 10.5. The zero-order valence-corrected chi connectivity index (χ0v) is 17.5. The van der Waals surface area contributed by atoms with E-state index in [2.05, 4.69) is 13.8 Å². The number of aryl methyl sites for hydroxylation is 1. The fourth-order valence-corrected chi connectivity index (χ4v) is 3.80. The van der Waals surface area contributed by atoms with Gasteiger partial charge in [-0.2, -0.15) is 0 Å². The smallest absolute Gasteiger partial charge is 0.272 e. The molecule has 146 valence electrons. The summed E-state index contributed by atoms with van der Waals surface area (Å²) < 4.78 is 5.73. The summed E-state index contributed by atoms with van der Waals surface area (Å²) >= 11 is 1.41. The lowest BCUT2D eigenvalue weighted by Gasteiger charge is -2.15. The molecule has 0 fully saturated rings. The number of rotatable bonds is 7. The van der Waals surface area contributed by atoms with Crippen molar-refractivity contribution in [3.8, 4) is 5.75 Å². The fraction of sp³-hybridized carbons (Fsp3) is 0.304. The lowest BCUT2D eigenvalue weighted by molar-refractivity contribution is -0.119. The Morgan fingerprint density at radius 1 is 0.964 bits per heavy atom. The van der Waals surface area contributed by atoms with E-state index in [1.54, 1.807) is 0 Å². The second-order valence-electron chi connectivity index (χ2n) is 7.15. The fourth-order valence-electron chi connectivity index (χ4n) is 2.95. The Labute approximate surface area is 170 Å². The first-order valence-electron chi connectivity index (χ1n) is 9.48. The number of ether oxygens (including phenoxy) is 1. The molecule has 0 saturated heterocycles. The monoisotopic (exact) mass is 395 g/mol. The van der Waals surface area contributed by atoms with Gasteiger partial charge in [-0.1, -0.05) is 50.6 Å². The second kappa shape index (κ2) is 8.65. The molecule has 0 unspecified atom stereocenters. The predicted octanol–water partition coefficient (Wildman–Crippen LogP) is 5.07. The molecule has 0 aromatic heterocycles. The van der Waals surface area contributed by atoms with Crippen LogP contribution in [0.1, 0.15) is 31.9 Å². The normalized spacial score (nSPS) is 14.4. The molecule has 0 atom stereocenters. The molecule has 0 saturated carbocycles. The third-order valence-corrected chi connectivity index (χ3v) is 5.30. The van der Waals surface area contributed by atoms with Crippen molar-refractivity contribution in [1.29, 1.82) is 0 Å². The van der Waals surface area contributed by atoms with Gasteiger partial charge in [0.15, 0.2) is 0 Å². The SMILES string of the molecule is CCSC1=C(c2ccc(OCC(C)C)cc2)C(=O)N(c2ccc(C)cc2)C1=O. The molecular weight excluding hydrogens is 370 g/mol. The predicted molar refractivity (Wildman–Crippen MR) is 115 cm³/mol. The Bertz CT molecular complexity index is 898. The maximum atomic E-state index is 13.2. The van der Waals surface area contributed by atoms with Crippen LogP contribution in [0.5, 0.6) is 5.75 Å². The summed E-state index contributed by atoms with van der Waals surface area (Å²) in [6.45, 7) is 8.77. The van der Waals surface area contributed by atoms with Gasteiger partial charge in [-0.05, 0) is 48.4 Å². The topological polar surface area (TPSA) is 46.6 Å². The minimum Gasteiger partial charge on any atom is -0.493 e. The Morgan fingerprint density at radius 3 is 2.18 bits per heavy atom. The number of thioether (sulfide) groups is 1. The molecule has 4 nitrogen and oxygen atoms in total. The van der Waals surface area contributed by atoms with Crippen molar-refractivity contribution < 1.29 is 14.3 Å². The van der Waals surface area contributed by atoms with Gasteiger partial charge in [0.25, 0.3) is 11.8 Å². The van der Waals surface area contributed by atoms with E-state index in [-0.39, 0.29) is 11.8 Å². The number of hydrogen-bond donors (Lipinski definition) is 0. The minimum atomic E-state index is -0.277.